The molecule has 0 fully saturated rings. The van der Waals surface area contributed by atoms with Crippen LogP contribution in [-0.2, 0) is 9.59 Å². The summed E-state index contributed by atoms with van der Waals surface area (Å²) in [6, 6.07) is 11.2. The molecule has 0 radical (unpaired) electrons. The fraction of sp³-hybridized carbons (Fsp3) is 0.167. The van der Waals surface area contributed by atoms with E-state index < -0.39 is 11.8 Å². The topological polar surface area (TPSA) is 120 Å². The minimum absolute atomic E-state index is 0.186. The Morgan fingerprint density at radius 2 is 1.77 bits per heavy atom. The molecular weight excluding hydrogens is 338 g/mol. The number of benzene rings is 2. The van der Waals surface area contributed by atoms with Crippen molar-refractivity contribution in [3.05, 3.63) is 48.0 Å². The molecule has 0 saturated heterocycles. The number of nitrogens with two attached hydrogens (primary N) is 1. The molecule has 8 heteroatoms. The number of carbonyl (C=O) groups excluding carboxylic acids is 3. The van der Waals surface area contributed by atoms with Gasteiger partial charge in [0.1, 0.15) is 11.5 Å². The van der Waals surface area contributed by atoms with Gasteiger partial charge in [0.05, 0.1) is 18.4 Å². The van der Waals surface area contributed by atoms with E-state index >= 15 is 0 Å². The second-order valence-corrected chi connectivity index (χ2v) is 5.29. The first kappa shape index (κ1) is 18.8. The summed E-state index contributed by atoms with van der Waals surface area (Å²) >= 11 is 0. The Morgan fingerprint density at radius 3 is 2.42 bits per heavy atom. The third-order valence-electron chi connectivity index (χ3n) is 3.31. The molecule has 0 spiro atoms. The molecule has 26 heavy (non-hydrogen) atoms. The van der Waals surface area contributed by atoms with Crippen molar-refractivity contribution in [3.63, 3.8) is 0 Å². The third kappa shape index (κ3) is 4.97. The molecule has 0 aliphatic carbocycles. The van der Waals surface area contributed by atoms with Crippen LogP contribution in [0, 0.1) is 0 Å². The van der Waals surface area contributed by atoms with Gasteiger partial charge in [-0.2, -0.15) is 0 Å². The summed E-state index contributed by atoms with van der Waals surface area (Å²) < 4.78 is 10.6. The second-order valence-electron chi connectivity index (χ2n) is 5.29. The predicted molar refractivity (Wildman–Crippen MR) is 96.4 cm³/mol. The highest BCUT2D eigenvalue weighted by atomic mass is 16.5. The fourth-order valence-corrected chi connectivity index (χ4v) is 2.21. The standard InChI is InChI=1S/C18H19N3O5/c1-11(22)20-12-7-8-16(25-2)14(9-12)21-17(23)10-26-15-6-4-3-5-13(15)18(19)24/h3-9H,10H2,1-2H3,(H2,19,24)(H,20,22)(H,21,23). The Kier molecular flexibility index (Phi) is 6.15. The van der Waals surface area contributed by atoms with E-state index in [9.17, 15) is 14.4 Å². The van der Waals surface area contributed by atoms with E-state index in [4.69, 9.17) is 15.2 Å². The SMILES string of the molecule is COc1ccc(NC(C)=O)cc1NC(=O)COc1ccccc1C(N)=O. The quantitative estimate of drug-likeness (QED) is 0.697. The van der Waals surface area contributed by atoms with Gasteiger partial charge in [-0.25, -0.2) is 0 Å². The molecule has 136 valence electrons. The molecule has 0 bridgehead atoms. The van der Waals surface area contributed by atoms with Crippen molar-refractivity contribution in [2.75, 3.05) is 24.4 Å². The van der Waals surface area contributed by atoms with Crippen molar-refractivity contribution in [2.24, 2.45) is 5.73 Å². The zero-order valence-corrected chi connectivity index (χ0v) is 14.4. The maximum Gasteiger partial charge on any atom is 0.262 e. The van der Waals surface area contributed by atoms with Gasteiger partial charge in [0.25, 0.3) is 11.8 Å². The van der Waals surface area contributed by atoms with E-state index in [1.54, 1.807) is 36.4 Å². The lowest BCUT2D eigenvalue weighted by Gasteiger charge is -2.13. The number of amides is 3. The predicted octanol–water partition coefficient (Wildman–Crippen LogP) is 1.77. The fourth-order valence-electron chi connectivity index (χ4n) is 2.21. The first-order valence-corrected chi connectivity index (χ1v) is 7.68. The van der Waals surface area contributed by atoms with E-state index in [1.807, 2.05) is 0 Å². The van der Waals surface area contributed by atoms with Crippen molar-refractivity contribution in [1.82, 2.24) is 0 Å². The lowest BCUT2D eigenvalue weighted by molar-refractivity contribution is -0.118. The second kappa shape index (κ2) is 8.52. The Balaban J connectivity index is 2.08. The number of methoxy groups -OCH3 is 1. The smallest absolute Gasteiger partial charge is 0.262 e. The van der Waals surface area contributed by atoms with Crippen molar-refractivity contribution in [2.45, 2.75) is 6.92 Å². The lowest BCUT2D eigenvalue weighted by atomic mass is 10.2. The van der Waals surface area contributed by atoms with Crippen LogP contribution in [0.15, 0.2) is 42.5 Å². The van der Waals surface area contributed by atoms with Crippen LogP contribution in [0.5, 0.6) is 11.5 Å². The van der Waals surface area contributed by atoms with Crippen LogP contribution < -0.4 is 25.8 Å². The molecule has 4 N–H and O–H groups in total. The number of hydrogen-bond donors (Lipinski definition) is 3. The molecular formula is C18H19N3O5. The van der Waals surface area contributed by atoms with E-state index in [-0.39, 0.29) is 23.8 Å². The van der Waals surface area contributed by atoms with Crippen molar-refractivity contribution in [1.29, 1.82) is 0 Å². The van der Waals surface area contributed by atoms with Gasteiger partial charge >= 0.3 is 0 Å². The number of primary amides is 1. The van der Waals surface area contributed by atoms with Gasteiger partial charge in [-0.15, -0.1) is 0 Å². The molecule has 0 aromatic heterocycles. The van der Waals surface area contributed by atoms with Crippen LogP contribution in [0.1, 0.15) is 17.3 Å². The van der Waals surface area contributed by atoms with Gasteiger partial charge in [-0.1, -0.05) is 12.1 Å². The average Bonchev–Trinajstić information content (AvgIpc) is 2.60. The summed E-state index contributed by atoms with van der Waals surface area (Å²) in [4.78, 5) is 34.7. The summed E-state index contributed by atoms with van der Waals surface area (Å²) in [7, 11) is 1.46. The summed E-state index contributed by atoms with van der Waals surface area (Å²) in [6.45, 7) is 1.05. The van der Waals surface area contributed by atoms with Gasteiger partial charge in [-0.05, 0) is 30.3 Å². The maximum atomic E-state index is 12.2. The molecule has 8 nitrogen and oxygen atoms in total. The molecule has 2 aromatic carbocycles. The summed E-state index contributed by atoms with van der Waals surface area (Å²) in [6.07, 6.45) is 0. The van der Waals surface area contributed by atoms with Gasteiger partial charge in [0.2, 0.25) is 5.91 Å². The Bertz CT molecular complexity index is 835. The molecule has 0 atom stereocenters. The zero-order valence-electron chi connectivity index (χ0n) is 14.4. The van der Waals surface area contributed by atoms with Crippen LogP contribution >= 0.6 is 0 Å². The monoisotopic (exact) mass is 357 g/mol. The molecule has 3 amide bonds. The van der Waals surface area contributed by atoms with Gasteiger partial charge in [-0.3, -0.25) is 14.4 Å². The van der Waals surface area contributed by atoms with Crippen molar-refractivity contribution in [3.8, 4) is 11.5 Å². The molecule has 2 aromatic rings. The first-order valence-electron chi connectivity index (χ1n) is 7.68. The van der Waals surface area contributed by atoms with Crippen LogP contribution in [0.3, 0.4) is 0 Å². The molecule has 0 heterocycles. The Morgan fingerprint density at radius 1 is 1.04 bits per heavy atom. The van der Waals surface area contributed by atoms with E-state index in [2.05, 4.69) is 10.6 Å². The molecule has 0 aliphatic rings. The first-order chi connectivity index (χ1) is 12.4. The average molecular weight is 357 g/mol. The lowest BCUT2D eigenvalue weighted by Crippen LogP contribution is -2.22. The minimum atomic E-state index is -0.648. The summed E-state index contributed by atoms with van der Waals surface area (Å²) in [5.41, 5.74) is 6.33. The number of rotatable bonds is 7. The Labute approximate surface area is 150 Å². The van der Waals surface area contributed by atoms with Crippen LogP contribution in [0.4, 0.5) is 11.4 Å². The largest absolute Gasteiger partial charge is 0.495 e. The minimum Gasteiger partial charge on any atom is -0.495 e. The number of nitrogens with one attached hydrogen (secondary N) is 2. The summed E-state index contributed by atoms with van der Waals surface area (Å²) in [5.74, 6) is -0.717. The highest BCUT2D eigenvalue weighted by molar-refractivity contribution is 5.97. The van der Waals surface area contributed by atoms with E-state index in [1.165, 1.54) is 20.1 Å². The van der Waals surface area contributed by atoms with Crippen molar-refractivity contribution < 1.29 is 23.9 Å². The normalized spacial score (nSPS) is 9.92. The third-order valence-corrected chi connectivity index (χ3v) is 3.31. The van der Waals surface area contributed by atoms with Crippen LogP contribution in [0.25, 0.3) is 0 Å². The summed E-state index contributed by atoms with van der Waals surface area (Å²) in [5, 5.41) is 5.26. The highest BCUT2D eigenvalue weighted by Crippen LogP contribution is 2.28. The molecule has 0 aliphatic heterocycles. The number of hydrogen-bond acceptors (Lipinski definition) is 5. The van der Waals surface area contributed by atoms with Crippen molar-refractivity contribution >= 4 is 29.1 Å². The van der Waals surface area contributed by atoms with Crippen LogP contribution in [0.2, 0.25) is 0 Å². The van der Waals surface area contributed by atoms with Gasteiger partial charge in [0, 0.05) is 12.6 Å². The van der Waals surface area contributed by atoms with E-state index in [0.29, 0.717) is 17.1 Å². The van der Waals surface area contributed by atoms with E-state index in [0.717, 1.165) is 0 Å². The number of anilines is 2. The highest BCUT2D eigenvalue weighted by Gasteiger charge is 2.13. The van der Waals surface area contributed by atoms with Crippen LogP contribution in [-0.4, -0.2) is 31.4 Å². The maximum absolute atomic E-state index is 12.2. The van der Waals surface area contributed by atoms with Gasteiger partial charge in [0.15, 0.2) is 6.61 Å². The molecule has 0 saturated carbocycles. The Hall–Kier alpha value is -3.55. The zero-order chi connectivity index (χ0) is 19.1. The number of ether oxygens (including phenoxy) is 2. The van der Waals surface area contributed by atoms with Gasteiger partial charge < -0.3 is 25.8 Å². The number of carbonyl (C=O) groups is 3. The molecule has 2 rings (SSSR count). The number of para-hydroxylation sites is 1. The molecule has 0 unspecified atom stereocenters.